The van der Waals surface area contributed by atoms with Crippen LogP contribution in [-0.4, -0.2) is 29.4 Å². The van der Waals surface area contributed by atoms with Gasteiger partial charge < -0.3 is 0 Å². The van der Waals surface area contributed by atoms with E-state index in [2.05, 4.69) is 15.3 Å². The largest absolute Gasteiger partial charge is 0.250 e. The van der Waals surface area contributed by atoms with E-state index in [0.717, 1.165) is 6.26 Å². The van der Waals surface area contributed by atoms with Gasteiger partial charge in [0.1, 0.15) is 18.7 Å². The molecule has 0 aliphatic carbocycles. The van der Waals surface area contributed by atoms with Crippen LogP contribution in [-0.2, 0) is 16.4 Å². The highest BCUT2D eigenvalue weighted by atomic mass is 32.2. The van der Waals surface area contributed by atoms with E-state index >= 15 is 0 Å². The van der Waals surface area contributed by atoms with Crippen LogP contribution >= 0.6 is 0 Å². The standard InChI is InChI=1S/C11H12N4O3S/c1-19(17,18)10-4-2-9(3-5-10)11(14-16)6-15-8-12-7-13-15/h2-5,7-8,11H,6H2,1H3. The van der Waals surface area contributed by atoms with E-state index in [1.165, 1.54) is 29.5 Å². The van der Waals surface area contributed by atoms with Gasteiger partial charge in [-0.15, -0.1) is 0 Å². The van der Waals surface area contributed by atoms with Crippen LogP contribution in [0.4, 0.5) is 0 Å². The zero-order valence-electron chi connectivity index (χ0n) is 10.2. The van der Waals surface area contributed by atoms with Gasteiger partial charge >= 0.3 is 0 Å². The lowest BCUT2D eigenvalue weighted by Gasteiger charge is -2.09. The fourth-order valence-electron chi connectivity index (χ4n) is 1.64. The van der Waals surface area contributed by atoms with E-state index in [0.29, 0.717) is 5.56 Å². The average Bonchev–Trinajstić information content (AvgIpc) is 2.88. The Hall–Kier alpha value is -2.09. The van der Waals surface area contributed by atoms with Gasteiger partial charge in [0.2, 0.25) is 0 Å². The first-order valence-electron chi connectivity index (χ1n) is 5.45. The Morgan fingerprint density at radius 3 is 2.47 bits per heavy atom. The van der Waals surface area contributed by atoms with Crippen molar-refractivity contribution in [1.82, 2.24) is 14.8 Å². The maximum absolute atomic E-state index is 11.3. The molecular formula is C11H12N4O3S. The van der Waals surface area contributed by atoms with Crippen LogP contribution in [0.2, 0.25) is 0 Å². The van der Waals surface area contributed by atoms with Crippen molar-refractivity contribution in [3.63, 3.8) is 0 Å². The van der Waals surface area contributed by atoms with Crippen LogP contribution in [0.3, 0.4) is 0 Å². The quantitative estimate of drug-likeness (QED) is 0.767. The molecule has 1 aromatic heterocycles. The molecule has 1 aromatic carbocycles. The first-order chi connectivity index (χ1) is 9.00. The van der Waals surface area contributed by atoms with Gasteiger partial charge in [0.25, 0.3) is 0 Å². The number of aromatic nitrogens is 3. The van der Waals surface area contributed by atoms with Gasteiger partial charge in [-0.1, -0.05) is 17.3 Å². The van der Waals surface area contributed by atoms with Crippen molar-refractivity contribution in [3.8, 4) is 0 Å². The minimum Gasteiger partial charge on any atom is -0.250 e. The third kappa shape index (κ3) is 3.22. The molecule has 8 heteroatoms. The van der Waals surface area contributed by atoms with Gasteiger partial charge in [-0.3, -0.25) is 4.68 Å². The molecule has 0 aliphatic heterocycles. The molecule has 0 N–H and O–H groups in total. The maximum Gasteiger partial charge on any atom is 0.175 e. The molecule has 100 valence electrons. The molecule has 0 bridgehead atoms. The van der Waals surface area contributed by atoms with Gasteiger partial charge in [0.15, 0.2) is 9.84 Å². The van der Waals surface area contributed by atoms with E-state index in [4.69, 9.17) is 0 Å². The van der Waals surface area contributed by atoms with E-state index < -0.39 is 15.9 Å². The molecule has 0 spiro atoms. The fourth-order valence-corrected chi connectivity index (χ4v) is 2.27. The molecule has 0 amide bonds. The summed E-state index contributed by atoms with van der Waals surface area (Å²) in [5.41, 5.74) is 0.637. The van der Waals surface area contributed by atoms with E-state index in [1.54, 1.807) is 12.1 Å². The minimum atomic E-state index is -3.24. The molecule has 0 fully saturated rings. The monoisotopic (exact) mass is 280 g/mol. The average molecular weight is 280 g/mol. The van der Waals surface area contributed by atoms with Crippen molar-refractivity contribution in [2.24, 2.45) is 5.18 Å². The van der Waals surface area contributed by atoms with Crippen molar-refractivity contribution >= 4 is 9.84 Å². The van der Waals surface area contributed by atoms with Gasteiger partial charge in [-0.05, 0) is 17.7 Å². The molecule has 0 radical (unpaired) electrons. The smallest absolute Gasteiger partial charge is 0.175 e. The zero-order valence-corrected chi connectivity index (χ0v) is 11.0. The van der Waals surface area contributed by atoms with Crippen LogP contribution in [0, 0.1) is 4.91 Å². The molecule has 1 atom stereocenters. The zero-order chi connectivity index (χ0) is 13.9. The Balaban J connectivity index is 2.22. The highest BCUT2D eigenvalue weighted by Crippen LogP contribution is 2.21. The van der Waals surface area contributed by atoms with Crippen molar-refractivity contribution in [2.45, 2.75) is 17.5 Å². The molecule has 19 heavy (non-hydrogen) atoms. The maximum atomic E-state index is 11.3. The third-order valence-electron chi connectivity index (χ3n) is 2.65. The number of benzene rings is 1. The molecule has 2 rings (SSSR count). The highest BCUT2D eigenvalue weighted by Gasteiger charge is 2.14. The van der Waals surface area contributed by atoms with E-state index in [1.807, 2.05) is 0 Å². The molecule has 7 nitrogen and oxygen atoms in total. The Bertz CT molecular complexity index is 650. The van der Waals surface area contributed by atoms with Gasteiger partial charge in [-0.25, -0.2) is 13.4 Å². The van der Waals surface area contributed by atoms with Crippen molar-refractivity contribution in [1.29, 1.82) is 0 Å². The summed E-state index contributed by atoms with van der Waals surface area (Å²) in [6.45, 7) is 0.266. The summed E-state index contributed by atoms with van der Waals surface area (Å²) in [4.78, 5) is 14.9. The SMILES string of the molecule is CS(=O)(=O)c1ccc(C(Cn2cncn2)N=O)cc1. The van der Waals surface area contributed by atoms with E-state index in [9.17, 15) is 13.3 Å². The topological polar surface area (TPSA) is 94.3 Å². The van der Waals surface area contributed by atoms with Gasteiger partial charge in [-0.2, -0.15) is 10.0 Å². The third-order valence-corrected chi connectivity index (χ3v) is 3.78. The predicted molar refractivity (Wildman–Crippen MR) is 68.1 cm³/mol. The molecule has 1 unspecified atom stereocenters. The van der Waals surface area contributed by atoms with Crippen LogP contribution in [0.1, 0.15) is 11.6 Å². The lowest BCUT2D eigenvalue weighted by molar-refractivity contribution is 0.525. The van der Waals surface area contributed by atoms with Gasteiger partial charge in [0, 0.05) is 6.26 Å². The Kier molecular flexibility index (Phi) is 3.70. The number of sulfone groups is 1. The van der Waals surface area contributed by atoms with Crippen LogP contribution in [0.15, 0.2) is 47.0 Å². The lowest BCUT2D eigenvalue weighted by Crippen LogP contribution is -2.08. The van der Waals surface area contributed by atoms with Crippen LogP contribution < -0.4 is 0 Å². The second-order valence-corrected chi connectivity index (χ2v) is 6.10. The summed E-state index contributed by atoms with van der Waals surface area (Å²) < 4.78 is 24.2. The predicted octanol–water partition coefficient (Wildman–Crippen LogP) is 1.19. The first kappa shape index (κ1) is 13.3. The molecule has 0 saturated carbocycles. The number of hydrogen-bond acceptors (Lipinski definition) is 6. The fraction of sp³-hybridized carbons (Fsp3) is 0.273. The second-order valence-electron chi connectivity index (χ2n) is 4.08. The van der Waals surface area contributed by atoms with E-state index in [-0.39, 0.29) is 11.4 Å². The van der Waals surface area contributed by atoms with Crippen molar-refractivity contribution in [2.75, 3.05) is 6.26 Å². The molecule has 0 aliphatic rings. The first-order valence-corrected chi connectivity index (χ1v) is 7.35. The van der Waals surface area contributed by atoms with Crippen LogP contribution in [0.25, 0.3) is 0 Å². The summed E-state index contributed by atoms with van der Waals surface area (Å²) in [6, 6.07) is 5.46. The number of rotatable bonds is 5. The van der Waals surface area contributed by atoms with Crippen molar-refractivity contribution < 1.29 is 8.42 Å². The minimum absolute atomic E-state index is 0.210. The molecule has 0 saturated heterocycles. The summed E-state index contributed by atoms with van der Waals surface area (Å²) in [5.74, 6) is 0. The summed E-state index contributed by atoms with van der Waals surface area (Å²) >= 11 is 0. The molecular weight excluding hydrogens is 268 g/mol. The van der Waals surface area contributed by atoms with Gasteiger partial charge in [0.05, 0.1) is 11.4 Å². The van der Waals surface area contributed by atoms with Crippen LogP contribution in [0.5, 0.6) is 0 Å². The number of nitrogens with zero attached hydrogens (tertiary/aromatic N) is 4. The Morgan fingerprint density at radius 1 is 1.32 bits per heavy atom. The Morgan fingerprint density at radius 2 is 2.00 bits per heavy atom. The molecule has 1 heterocycles. The Labute approximate surface area is 110 Å². The highest BCUT2D eigenvalue weighted by molar-refractivity contribution is 7.90. The number of nitroso groups, excluding NO2 is 1. The second kappa shape index (κ2) is 5.27. The lowest BCUT2D eigenvalue weighted by atomic mass is 10.1. The van der Waals surface area contributed by atoms with Crippen molar-refractivity contribution in [3.05, 3.63) is 47.4 Å². The molecule has 2 aromatic rings. The summed E-state index contributed by atoms with van der Waals surface area (Å²) in [5, 5.41) is 6.93. The summed E-state index contributed by atoms with van der Waals surface area (Å²) in [6.07, 6.45) is 3.99. The normalized spacial score (nSPS) is 13.1. The number of hydrogen-bond donors (Lipinski definition) is 0. The summed E-state index contributed by atoms with van der Waals surface area (Å²) in [7, 11) is -3.24.